The first kappa shape index (κ1) is 26.7. The largest absolute Gasteiger partial charge is 0.493 e. The van der Waals surface area contributed by atoms with Gasteiger partial charge in [0.25, 0.3) is 0 Å². The van der Waals surface area contributed by atoms with Crippen molar-refractivity contribution in [2.24, 2.45) is 5.73 Å². The molecular formula is C23H27F3N4O4. The third-order valence-electron chi connectivity index (χ3n) is 4.80. The van der Waals surface area contributed by atoms with Gasteiger partial charge in [-0.1, -0.05) is 6.07 Å². The van der Waals surface area contributed by atoms with Crippen molar-refractivity contribution in [3.63, 3.8) is 0 Å². The summed E-state index contributed by atoms with van der Waals surface area (Å²) in [5, 5.41) is 21.1. The van der Waals surface area contributed by atoms with Crippen molar-refractivity contribution in [3.8, 4) is 5.75 Å². The number of ether oxygens (including phenoxy) is 1. The second kappa shape index (κ2) is 12.0. The Kier molecular flexibility index (Phi) is 9.43. The predicted molar refractivity (Wildman–Crippen MR) is 121 cm³/mol. The van der Waals surface area contributed by atoms with Crippen LogP contribution in [-0.2, 0) is 15.8 Å². The third-order valence-corrected chi connectivity index (χ3v) is 4.80. The number of aliphatic hydroxyl groups excluding tert-OH is 1. The number of carbonyl (C=O) groups excluding carboxylic acids is 2. The van der Waals surface area contributed by atoms with E-state index in [-0.39, 0.29) is 30.4 Å². The van der Waals surface area contributed by atoms with Crippen LogP contribution in [0, 0.1) is 5.41 Å². The number of anilines is 1. The maximum absolute atomic E-state index is 13.5. The third kappa shape index (κ3) is 8.07. The normalized spacial score (nSPS) is 12.0. The van der Waals surface area contributed by atoms with E-state index in [0.29, 0.717) is 24.1 Å². The summed E-state index contributed by atoms with van der Waals surface area (Å²) < 4.78 is 45.7. The second-order valence-corrected chi connectivity index (χ2v) is 7.54. The van der Waals surface area contributed by atoms with Crippen molar-refractivity contribution < 1.29 is 32.6 Å². The lowest BCUT2D eigenvalue weighted by molar-refractivity contribution is -0.139. The van der Waals surface area contributed by atoms with Crippen molar-refractivity contribution in [3.05, 3.63) is 59.2 Å². The summed E-state index contributed by atoms with van der Waals surface area (Å²) in [5.74, 6) is -1.73. The van der Waals surface area contributed by atoms with Crippen LogP contribution in [0.4, 0.5) is 18.9 Å². The molecule has 2 aromatic rings. The van der Waals surface area contributed by atoms with Crippen molar-refractivity contribution in [2.45, 2.75) is 38.4 Å². The lowest BCUT2D eigenvalue weighted by Crippen LogP contribution is -2.30. The Morgan fingerprint density at radius 1 is 1.12 bits per heavy atom. The summed E-state index contributed by atoms with van der Waals surface area (Å²) in [6, 6.07) is 8.86. The van der Waals surface area contributed by atoms with Crippen LogP contribution in [0.5, 0.6) is 5.75 Å². The molecule has 8 nitrogen and oxygen atoms in total. The number of rotatable bonds is 11. The Morgan fingerprint density at radius 3 is 2.38 bits per heavy atom. The molecule has 184 valence electrons. The molecule has 0 radical (unpaired) electrons. The van der Waals surface area contributed by atoms with Crippen molar-refractivity contribution in [2.75, 3.05) is 18.5 Å². The molecule has 1 atom stereocenters. The first-order chi connectivity index (χ1) is 16.0. The Morgan fingerprint density at radius 2 is 1.79 bits per heavy atom. The molecule has 6 N–H and O–H groups in total. The van der Waals surface area contributed by atoms with Gasteiger partial charge in [0.2, 0.25) is 11.8 Å². The van der Waals surface area contributed by atoms with Gasteiger partial charge in [0.15, 0.2) is 0 Å². The number of nitrogen functional groups attached to an aromatic ring is 1. The number of amidine groups is 1. The molecule has 2 amide bonds. The van der Waals surface area contributed by atoms with Gasteiger partial charge in [-0.05, 0) is 61.7 Å². The molecular weight excluding hydrogens is 453 g/mol. The highest BCUT2D eigenvalue weighted by Crippen LogP contribution is 2.38. The number of hydrogen-bond acceptors (Lipinski definition) is 5. The first-order valence-corrected chi connectivity index (χ1v) is 10.5. The standard InChI is InChI=1S/C23H27F3N4O4/c1-14(16-6-9-19(34-11-3-2-10-31)18(12-16)23(24,25)26)29-20(32)13-21(33)30-17-7-4-15(5-8-17)22(27)28/h4-9,12,14,31H,2-3,10-11,13H2,1H3,(H3,27,28)(H,29,32)(H,30,33). The van der Waals surface area contributed by atoms with Crippen LogP contribution in [0.3, 0.4) is 0 Å². The molecule has 34 heavy (non-hydrogen) atoms. The molecule has 0 heterocycles. The number of benzene rings is 2. The van der Waals surface area contributed by atoms with E-state index in [1.165, 1.54) is 31.2 Å². The average Bonchev–Trinajstić information content (AvgIpc) is 2.76. The smallest absolute Gasteiger partial charge is 0.419 e. The molecule has 0 fully saturated rings. The highest BCUT2D eigenvalue weighted by Gasteiger charge is 2.35. The molecule has 2 rings (SSSR count). The van der Waals surface area contributed by atoms with Gasteiger partial charge < -0.3 is 26.2 Å². The molecule has 0 spiro atoms. The Labute approximate surface area is 194 Å². The van der Waals surface area contributed by atoms with Crippen molar-refractivity contribution in [1.82, 2.24) is 5.32 Å². The number of aliphatic hydroxyl groups is 1. The number of carbonyl (C=O) groups is 2. The van der Waals surface area contributed by atoms with E-state index in [0.717, 1.165) is 6.07 Å². The van der Waals surface area contributed by atoms with Gasteiger partial charge in [-0.15, -0.1) is 0 Å². The molecule has 11 heteroatoms. The molecule has 0 aromatic heterocycles. The number of hydrogen-bond donors (Lipinski definition) is 5. The van der Waals surface area contributed by atoms with E-state index in [1.807, 2.05) is 0 Å². The molecule has 0 saturated carbocycles. The van der Waals surface area contributed by atoms with Gasteiger partial charge in [-0.25, -0.2) is 0 Å². The summed E-state index contributed by atoms with van der Waals surface area (Å²) in [6.07, 6.45) is -4.37. The Bertz CT molecular complexity index is 1010. The zero-order chi connectivity index (χ0) is 25.3. The summed E-state index contributed by atoms with van der Waals surface area (Å²) in [4.78, 5) is 24.4. The number of nitrogens with one attached hydrogen (secondary N) is 3. The maximum atomic E-state index is 13.5. The van der Waals surface area contributed by atoms with E-state index in [9.17, 15) is 22.8 Å². The highest BCUT2D eigenvalue weighted by molar-refractivity contribution is 6.04. The molecule has 1 unspecified atom stereocenters. The fraction of sp³-hybridized carbons (Fsp3) is 0.348. The van der Waals surface area contributed by atoms with Crippen LogP contribution in [0.25, 0.3) is 0 Å². The fourth-order valence-electron chi connectivity index (χ4n) is 3.02. The number of nitrogens with two attached hydrogens (primary N) is 1. The number of alkyl halides is 3. The van der Waals surface area contributed by atoms with Crippen LogP contribution >= 0.6 is 0 Å². The Hall–Kier alpha value is -3.60. The highest BCUT2D eigenvalue weighted by atomic mass is 19.4. The molecule has 0 aliphatic carbocycles. The summed E-state index contributed by atoms with van der Waals surface area (Å²) in [5.41, 5.74) is 5.47. The van der Waals surface area contributed by atoms with Crippen LogP contribution in [-0.4, -0.2) is 36.0 Å². The molecule has 2 aromatic carbocycles. The molecule has 0 saturated heterocycles. The zero-order valence-electron chi connectivity index (χ0n) is 18.5. The van der Waals surface area contributed by atoms with E-state index in [4.69, 9.17) is 21.0 Å². The lowest BCUT2D eigenvalue weighted by atomic mass is 10.0. The van der Waals surface area contributed by atoms with Crippen LogP contribution in [0.2, 0.25) is 0 Å². The quantitative estimate of drug-likeness (QED) is 0.145. The van der Waals surface area contributed by atoms with E-state index < -0.39 is 36.0 Å². The number of amides is 2. The number of unbranched alkanes of at least 4 members (excludes halogenated alkanes) is 1. The van der Waals surface area contributed by atoms with E-state index in [1.54, 1.807) is 12.1 Å². The molecule has 0 bridgehead atoms. The van der Waals surface area contributed by atoms with Gasteiger partial charge in [0.1, 0.15) is 18.0 Å². The Balaban J connectivity index is 1.99. The summed E-state index contributed by atoms with van der Waals surface area (Å²) in [7, 11) is 0. The van der Waals surface area contributed by atoms with Gasteiger partial charge in [-0.2, -0.15) is 13.2 Å². The topological polar surface area (TPSA) is 138 Å². The van der Waals surface area contributed by atoms with Crippen molar-refractivity contribution >= 4 is 23.3 Å². The predicted octanol–water partition coefficient (Wildman–Crippen LogP) is 3.35. The second-order valence-electron chi connectivity index (χ2n) is 7.54. The van der Waals surface area contributed by atoms with Crippen LogP contribution in [0.1, 0.15) is 48.9 Å². The zero-order valence-corrected chi connectivity index (χ0v) is 18.5. The molecule has 0 aliphatic heterocycles. The fourth-order valence-corrected chi connectivity index (χ4v) is 3.02. The summed E-state index contributed by atoms with van der Waals surface area (Å²) >= 11 is 0. The van der Waals surface area contributed by atoms with Gasteiger partial charge in [-0.3, -0.25) is 15.0 Å². The minimum atomic E-state index is -4.66. The monoisotopic (exact) mass is 480 g/mol. The van der Waals surface area contributed by atoms with Crippen LogP contribution in [0.15, 0.2) is 42.5 Å². The average molecular weight is 480 g/mol. The van der Waals surface area contributed by atoms with Crippen molar-refractivity contribution in [1.29, 1.82) is 5.41 Å². The SMILES string of the molecule is CC(NC(=O)CC(=O)Nc1ccc(C(=N)N)cc1)c1ccc(OCCCCO)c(C(F)(F)F)c1. The minimum Gasteiger partial charge on any atom is -0.493 e. The van der Waals surface area contributed by atoms with Gasteiger partial charge in [0.05, 0.1) is 18.2 Å². The van der Waals surface area contributed by atoms with E-state index in [2.05, 4.69) is 10.6 Å². The van der Waals surface area contributed by atoms with Gasteiger partial charge in [0, 0.05) is 17.9 Å². The minimum absolute atomic E-state index is 0.0296. The molecule has 0 aliphatic rings. The van der Waals surface area contributed by atoms with Gasteiger partial charge >= 0.3 is 6.18 Å². The first-order valence-electron chi connectivity index (χ1n) is 10.5. The van der Waals surface area contributed by atoms with E-state index >= 15 is 0 Å². The number of halogens is 3. The van der Waals surface area contributed by atoms with Crippen LogP contribution < -0.4 is 21.1 Å². The maximum Gasteiger partial charge on any atom is 0.419 e. The summed E-state index contributed by atoms with van der Waals surface area (Å²) in [6.45, 7) is 1.46. The lowest BCUT2D eigenvalue weighted by Gasteiger charge is -2.19.